The van der Waals surface area contributed by atoms with Crippen molar-refractivity contribution in [1.82, 2.24) is 15.0 Å². The predicted molar refractivity (Wildman–Crippen MR) is 104 cm³/mol. The van der Waals surface area contributed by atoms with Crippen molar-refractivity contribution in [1.29, 1.82) is 0 Å². The van der Waals surface area contributed by atoms with E-state index in [1.165, 1.54) is 6.33 Å². The number of nitro groups is 1. The number of ether oxygens (including phenoxy) is 1. The molecular weight excluding hydrogens is 358 g/mol. The number of aromatic nitrogens is 3. The lowest BCUT2D eigenvalue weighted by atomic mass is 10.1. The quantitative estimate of drug-likeness (QED) is 0.396. The number of nitrogens with zero attached hydrogens (tertiary/aromatic N) is 4. The summed E-state index contributed by atoms with van der Waals surface area (Å²) in [6, 6.07) is 16.9. The van der Waals surface area contributed by atoms with Crippen LogP contribution in [0.2, 0.25) is 0 Å². The fourth-order valence-corrected chi connectivity index (χ4v) is 2.76. The van der Waals surface area contributed by atoms with Gasteiger partial charge in [-0.1, -0.05) is 36.4 Å². The average molecular weight is 373 g/mol. The van der Waals surface area contributed by atoms with Crippen LogP contribution in [0.15, 0.2) is 73.3 Å². The highest BCUT2D eigenvalue weighted by atomic mass is 16.6. The third-order valence-electron chi connectivity index (χ3n) is 4.09. The fraction of sp³-hybridized carbons (Fsp3) is 0.0500. The summed E-state index contributed by atoms with van der Waals surface area (Å²) in [5, 5.41) is 16.6. The van der Waals surface area contributed by atoms with Crippen LogP contribution in [0.4, 0.5) is 11.5 Å². The van der Waals surface area contributed by atoms with Crippen LogP contribution >= 0.6 is 0 Å². The first-order chi connectivity index (χ1) is 13.7. The normalized spacial score (nSPS) is 10.6. The van der Waals surface area contributed by atoms with E-state index in [1.54, 1.807) is 24.5 Å². The third kappa shape index (κ3) is 3.70. The standard InChI is InChI=1S/C20H15N5O3/c26-25(27)18-19(22-12-14-4-3-9-21-11-14)23-13-24-20(18)28-17-8-7-15-5-1-2-6-16(15)10-17/h1-11,13H,12H2,(H,22,23,24). The van der Waals surface area contributed by atoms with Gasteiger partial charge in [0.2, 0.25) is 5.82 Å². The van der Waals surface area contributed by atoms with Crippen molar-refractivity contribution in [3.63, 3.8) is 0 Å². The van der Waals surface area contributed by atoms with E-state index in [1.807, 2.05) is 42.5 Å². The molecule has 0 radical (unpaired) electrons. The first-order valence-corrected chi connectivity index (χ1v) is 8.49. The topological polar surface area (TPSA) is 103 Å². The minimum Gasteiger partial charge on any atom is -0.434 e. The second kappa shape index (κ2) is 7.67. The summed E-state index contributed by atoms with van der Waals surface area (Å²) in [7, 11) is 0. The molecule has 0 fully saturated rings. The lowest BCUT2D eigenvalue weighted by Gasteiger charge is -2.10. The lowest BCUT2D eigenvalue weighted by molar-refractivity contribution is -0.385. The number of fused-ring (bicyclic) bond motifs is 1. The SMILES string of the molecule is O=[N+]([O-])c1c(NCc2cccnc2)ncnc1Oc1ccc2ccccc2c1. The Morgan fingerprint density at radius 3 is 2.68 bits per heavy atom. The first kappa shape index (κ1) is 17.3. The maximum absolute atomic E-state index is 11.6. The minimum absolute atomic E-state index is 0.0830. The van der Waals surface area contributed by atoms with Crippen LogP contribution in [-0.2, 0) is 6.54 Å². The second-order valence-electron chi connectivity index (χ2n) is 5.96. The van der Waals surface area contributed by atoms with E-state index in [0.29, 0.717) is 12.3 Å². The molecule has 2 aromatic carbocycles. The first-order valence-electron chi connectivity index (χ1n) is 8.49. The smallest absolute Gasteiger partial charge is 0.373 e. The Balaban J connectivity index is 1.63. The lowest BCUT2D eigenvalue weighted by Crippen LogP contribution is -2.07. The van der Waals surface area contributed by atoms with Crippen LogP contribution in [0.25, 0.3) is 10.8 Å². The van der Waals surface area contributed by atoms with Gasteiger partial charge in [-0.05, 0) is 34.5 Å². The summed E-state index contributed by atoms with van der Waals surface area (Å²) in [4.78, 5) is 23.1. The molecule has 2 heterocycles. The van der Waals surface area contributed by atoms with Crippen LogP contribution < -0.4 is 10.1 Å². The highest BCUT2D eigenvalue weighted by molar-refractivity contribution is 5.83. The van der Waals surface area contributed by atoms with Gasteiger partial charge >= 0.3 is 11.6 Å². The van der Waals surface area contributed by atoms with Gasteiger partial charge in [-0.25, -0.2) is 4.98 Å². The van der Waals surface area contributed by atoms with Gasteiger partial charge in [0, 0.05) is 18.9 Å². The largest absolute Gasteiger partial charge is 0.434 e. The van der Waals surface area contributed by atoms with Crippen molar-refractivity contribution < 1.29 is 9.66 Å². The maximum Gasteiger partial charge on any atom is 0.373 e. The third-order valence-corrected chi connectivity index (χ3v) is 4.09. The van der Waals surface area contributed by atoms with Crippen molar-refractivity contribution in [3.05, 3.63) is 89.0 Å². The molecule has 0 atom stereocenters. The maximum atomic E-state index is 11.6. The molecule has 0 saturated carbocycles. The van der Waals surface area contributed by atoms with Crippen LogP contribution in [0.5, 0.6) is 11.6 Å². The van der Waals surface area contributed by atoms with E-state index in [0.717, 1.165) is 16.3 Å². The zero-order chi connectivity index (χ0) is 19.3. The van der Waals surface area contributed by atoms with Gasteiger partial charge < -0.3 is 10.1 Å². The second-order valence-corrected chi connectivity index (χ2v) is 5.96. The Kier molecular flexibility index (Phi) is 4.75. The van der Waals surface area contributed by atoms with Crippen molar-refractivity contribution in [2.45, 2.75) is 6.54 Å². The number of nitrogens with one attached hydrogen (secondary N) is 1. The van der Waals surface area contributed by atoms with Crippen molar-refractivity contribution >= 4 is 22.3 Å². The van der Waals surface area contributed by atoms with Crippen LogP contribution in [0.1, 0.15) is 5.56 Å². The summed E-state index contributed by atoms with van der Waals surface area (Å²) in [5.41, 5.74) is 0.548. The van der Waals surface area contributed by atoms with Gasteiger partial charge in [-0.15, -0.1) is 0 Å². The molecule has 0 aliphatic carbocycles. The number of pyridine rings is 1. The summed E-state index contributed by atoms with van der Waals surface area (Å²) in [6.45, 7) is 0.334. The Bertz CT molecular complexity index is 1130. The van der Waals surface area contributed by atoms with Gasteiger partial charge in [0.25, 0.3) is 0 Å². The van der Waals surface area contributed by atoms with Crippen LogP contribution in [-0.4, -0.2) is 19.9 Å². The number of anilines is 1. The Hall–Kier alpha value is -4.07. The molecule has 4 rings (SSSR count). The van der Waals surface area contributed by atoms with Gasteiger partial charge in [0.15, 0.2) is 0 Å². The summed E-state index contributed by atoms with van der Waals surface area (Å²) >= 11 is 0. The highest BCUT2D eigenvalue weighted by Crippen LogP contribution is 2.35. The molecule has 8 nitrogen and oxygen atoms in total. The summed E-state index contributed by atoms with van der Waals surface area (Å²) in [5.74, 6) is 0.419. The van der Waals surface area contributed by atoms with E-state index < -0.39 is 4.92 Å². The van der Waals surface area contributed by atoms with Crippen LogP contribution in [0.3, 0.4) is 0 Å². The molecule has 0 unspecified atom stereocenters. The molecule has 1 N–H and O–H groups in total. The van der Waals surface area contributed by atoms with E-state index in [-0.39, 0.29) is 17.4 Å². The molecule has 28 heavy (non-hydrogen) atoms. The Morgan fingerprint density at radius 2 is 1.89 bits per heavy atom. The van der Waals surface area contributed by atoms with E-state index >= 15 is 0 Å². The zero-order valence-electron chi connectivity index (χ0n) is 14.6. The Labute approximate surface area is 160 Å². The zero-order valence-corrected chi connectivity index (χ0v) is 14.6. The molecular formula is C20H15N5O3. The van der Waals surface area contributed by atoms with Crippen LogP contribution in [0, 0.1) is 10.1 Å². The molecule has 138 valence electrons. The monoisotopic (exact) mass is 373 g/mol. The molecule has 8 heteroatoms. The highest BCUT2D eigenvalue weighted by Gasteiger charge is 2.25. The number of benzene rings is 2. The van der Waals surface area contributed by atoms with Crippen molar-refractivity contribution in [2.24, 2.45) is 0 Å². The number of hydrogen-bond donors (Lipinski definition) is 1. The average Bonchev–Trinajstić information content (AvgIpc) is 2.73. The fourth-order valence-electron chi connectivity index (χ4n) is 2.76. The molecule has 0 aliphatic rings. The molecule has 0 spiro atoms. The minimum atomic E-state index is -0.554. The summed E-state index contributed by atoms with van der Waals surface area (Å²) < 4.78 is 5.73. The summed E-state index contributed by atoms with van der Waals surface area (Å²) in [6.07, 6.45) is 4.56. The van der Waals surface area contributed by atoms with Gasteiger partial charge in [0.05, 0.1) is 4.92 Å². The Morgan fingerprint density at radius 1 is 1.04 bits per heavy atom. The predicted octanol–water partition coefficient (Wildman–Crippen LogP) is 4.34. The van der Waals surface area contributed by atoms with E-state index in [2.05, 4.69) is 20.3 Å². The molecule has 2 aromatic heterocycles. The molecule has 0 bridgehead atoms. The number of hydrogen-bond acceptors (Lipinski definition) is 7. The molecule has 0 amide bonds. The molecule has 0 aliphatic heterocycles. The number of rotatable bonds is 6. The van der Waals surface area contributed by atoms with E-state index in [4.69, 9.17) is 4.74 Å². The van der Waals surface area contributed by atoms with Gasteiger partial charge in [-0.3, -0.25) is 15.1 Å². The van der Waals surface area contributed by atoms with Crippen molar-refractivity contribution in [3.8, 4) is 11.6 Å². The van der Waals surface area contributed by atoms with Crippen molar-refractivity contribution in [2.75, 3.05) is 5.32 Å². The molecule has 0 saturated heterocycles. The van der Waals surface area contributed by atoms with Gasteiger partial charge in [0.1, 0.15) is 12.1 Å². The van der Waals surface area contributed by atoms with Gasteiger partial charge in [-0.2, -0.15) is 4.98 Å². The van der Waals surface area contributed by atoms with E-state index in [9.17, 15) is 10.1 Å². The molecule has 4 aromatic rings.